The number of hydrogen-bond acceptors (Lipinski definition) is 3. The van der Waals surface area contributed by atoms with Crippen LogP contribution in [0.2, 0.25) is 0 Å². The Hall–Kier alpha value is -3.59. The summed E-state index contributed by atoms with van der Waals surface area (Å²) in [6, 6.07) is 10.3. The van der Waals surface area contributed by atoms with Gasteiger partial charge in [-0.15, -0.1) is 6.58 Å². The van der Waals surface area contributed by atoms with Gasteiger partial charge in [0.1, 0.15) is 0 Å². The monoisotopic (exact) mass is 445 g/mol. The summed E-state index contributed by atoms with van der Waals surface area (Å²) in [5, 5.41) is 11.4. The first-order valence-electron chi connectivity index (χ1n) is 9.09. The number of urea groups is 1. The predicted octanol–water partition coefficient (Wildman–Crippen LogP) is 5.99. The summed E-state index contributed by atoms with van der Waals surface area (Å²) in [5.74, 6) is -0.349. The van der Waals surface area contributed by atoms with E-state index in [-0.39, 0.29) is 18.1 Å². The summed E-state index contributed by atoms with van der Waals surface area (Å²) in [6.07, 6.45) is -2.98. The maximum atomic E-state index is 12.9. The second kappa shape index (κ2) is 9.48. The van der Waals surface area contributed by atoms with E-state index in [4.69, 9.17) is 0 Å². The average molecular weight is 445 g/mol. The van der Waals surface area contributed by atoms with Crippen molar-refractivity contribution in [1.29, 1.82) is 0 Å². The highest BCUT2D eigenvalue weighted by molar-refractivity contribution is 7.08. The molecule has 0 aliphatic carbocycles. The molecule has 3 rings (SSSR count). The average Bonchev–Trinajstić information content (AvgIpc) is 3.26. The van der Waals surface area contributed by atoms with E-state index in [2.05, 4.69) is 22.5 Å². The second-order valence-electron chi connectivity index (χ2n) is 6.43. The van der Waals surface area contributed by atoms with Crippen LogP contribution in [0.25, 0.3) is 11.1 Å². The van der Waals surface area contributed by atoms with Gasteiger partial charge in [-0.2, -0.15) is 24.5 Å². The van der Waals surface area contributed by atoms with Gasteiger partial charge in [-0.1, -0.05) is 18.2 Å². The summed E-state index contributed by atoms with van der Waals surface area (Å²) >= 11 is 1.46. The van der Waals surface area contributed by atoms with E-state index < -0.39 is 17.8 Å². The van der Waals surface area contributed by atoms with Gasteiger partial charge in [-0.05, 0) is 52.7 Å². The quantitative estimate of drug-likeness (QED) is 0.408. The Labute approximate surface area is 180 Å². The maximum Gasteiger partial charge on any atom is 0.416 e. The van der Waals surface area contributed by atoms with Crippen LogP contribution in [0, 0.1) is 0 Å². The summed E-state index contributed by atoms with van der Waals surface area (Å²) in [7, 11) is 0. The minimum Gasteiger partial charge on any atom is -0.349 e. The van der Waals surface area contributed by atoms with Crippen molar-refractivity contribution in [3.8, 4) is 11.1 Å². The molecule has 2 aromatic carbocycles. The zero-order valence-electron chi connectivity index (χ0n) is 16.1. The molecule has 0 atom stereocenters. The van der Waals surface area contributed by atoms with Gasteiger partial charge in [-0.25, -0.2) is 4.79 Å². The Morgan fingerprint density at radius 3 is 2.55 bits per heavy atom. The highest BCUT2D eigenvalue weighted by Crippen LogP contribution is 2.32. The third-order valence-electron chi connectivity index (χ3n) is 4.22. The maximum absolute atomic E-state index is 12.9. The molecule has 0 aliphatic rings. The van der Waals surface area contributed by atoms with E-state index >= 15 is 0 Å². The Balaban J connectivity index is 1.85. The number of anilines is 2. The van der Waals surface area contributed by atoms with Crippen molar-refractivity contribution in [1.82, 2.24) is 5.32 Å². The molecule has 0 bridgehead atoms. The number of halogens is 3. The number of carbonyl (C=O) groups excluding carboxylic acids is 2. The molecular weight excluding hydrogens is 427 g/mol. The number of amides is 3. The molecule has 0 unspecified atom stereocenters. The molecule has 3 aromatic rings. The van der Waals surface area contributed by atoms with Crippen LogP contribution in [-0.4, -0.2) is 18.5 Å². The van der Waals surface area contributed by atoms with Crippen molar-refractivity contribution < 1.29 is 22.8 Å². The molecule has 0 fully saturated rings. The molecule has 3 N–H and O–H groups in total. The number of rotatable bonds is 6. The molecule has 1 heterocycles. The zero-order chi connectivity index (χ0) is 22.4. The normalized spacial score (nSPS) is 10.9. The van der Waals surface area contributed by atoms with Crippen LogP contribution in [0.4, 0.5) is 29.3 Å². The van der Waals surface area contributed by atoms with Crippen LogP contribution < -0.4 is 16.0 Å². The van der Waals surface area contributed by atoms with Gasteiger partial charge in [-0.3, -0.25) is 4.79 Å². The molecule has 5 nitrogen and oxygen atoms in total. The van der Waals surface area contributed by atoms with Crippen molar-refractivity contribution >= 4 is 34.6 Å². The van der Waals surface area contributed by atoms with Crippen LogP contribution >= 0.6 is 11.3 Å². The zero-order valence-corrected chi connectivity index (χ0v) is 16.9. The standard InChI is InChI=1S/C22H18F3N3O2S/c1-2-9-26-20(29)14-6-7-18(15-8-10-31-13-15)19(11-14)28-21(30)27-17-5-3-4-16(12-17)22(23,24)25/h2-8,10-13H,1,9H2,(H,26,29)(H2,27,28,30). The highest BCUT2D eigenvalue weighted by Gasteiger charge is 2.30. The molecule has 1 aromatic heterocycles. The van der Waals surface area contributed by atoms with E-state index in [0.29, 0.717) is 16.8 Å². The molecule has 0 radical (unpaired) electrons. The number of nitrogens with one attached hydrogen (secondary N) is 3. The lowest BCUT2D eigenvalue weighted by Gasteiger charge is -2.14. The van der Waals surface area contributed by atoms with Gasteiger partial charge >= 0.3 is 12.2 Å². The SMILES string of the molecule is C=CCNC(=O)c1ccc(-c2ccsc2)c(NC(=O)Nc2cccc(C(F)(F)F)c2)c1. The molecule has 0 saturated carbocycles. The van der Waals surface area contributed by atoms with Gasteiger partial charge in [0.05, 0.1) is 11.3 Å². The van der Waals surface area contributed by atoms with Crippen LogP contribution in [0.3, 0.4) is 0 Å². The van der Waals surface area contributed by atoms with E-state index in [1.165, 1.54) is 29.5 Å². The molecule has 160 valence electrons. The first-order chi connectivity index (χ1) is 14.8. The van der Waals surface area contributed by atoms with E-state index in [1.807, 2.05) is 16.8 Å². The van der Waals surface area contributed by atoms with Crippen LogP contribution in [0.15, 0.2) is 71.9 Å². The largest absolute Gasteiger partial charge is 0.416 e. The third-order valence-corrected chi connectivity index (χ3v) is 4.90. The molecule has 0 spiro atoms. The van der Waals surface area contributed by atoms with Crippen LogP contribution in [0.1, 0.15) is 15.9 Å². The van der Waals surface area contributed by atoms with Gasteiger partial charge in [0.2, 0.25) is 0 Å². The van der Waals surface area contributed by atoms with Crippen LogP contribution in [-0.2, 0) is 6.18 Å². The van der Waals surface area contributed by atoms with E-state index in [0.717, 1.165) is 17.7 Å². The summed E-state index contributed by atoms with van der Waals surface area (Å²) in [5.41, 5.74) is 1.27. The van der Waals surface area contributed by atoms with Crippen molar-refractivity contribution in [2.24, 2.45) is 0 Å². The number of alkyl halides is 3. The van der Waals surface area contributed by atoms with E-state index in [1.54, 1.807) is 18.2 Å². The van der Waals surface area contributed by atoms with Crippen molar-refractivity contribution in [3.05, 3.63) is 83.1 Å². The van der Waals surface area contributed by atoms with Crippen LogP contribution in [0.5, 0.6) is 0 Å². The summed E-state index contributed by atoms with van der Waals surface area (Å²) in [4.78, 5) is 24.8. The lowest BCUT2D eigenvalue weighted by molar-refractivity contribution is -0.137. The van der Waals surface area contributed by atoms with Gasteiger partial charge in [0, 0.05) is 23.4 Å². The minimum atomic E-state index is -4.52. The summed E-state index contributed by atoms with van der Waals surface area (Å²) in [6.45, 7) is 3.82. The Kier molecular flexibility index (Phi) is 6.76. The molecule has 9 heteroatoms. The van der Waals surface area contributed by atoms with Gasteiger partial charge in [0.15, 0.2) is 0 Å². The minimum absolute atomic E-state index is 0.00992. The molecule has 0 saturated heterocycles. The first kappa shape index (κ1) is 22.1. The fourth-order valence-electron chi connectivity index (χ4n) is 2.78. The highest BCUT2D eigenvalue weighted by atomic mass is 32.1. The Morgan fingerprint density at radius 1 is 1.06 bits per heavy atom. The van der Waals surface area contributed by atoms with Gasteiger partial charge < -0.3 is 16.0 Å². The smallest absolute Gasteiger partial charge is 0.349 e. The Morgan fingerprint density at radius 2 is 1.87 bits per heavy atom. The number of hydrogen-bond donors (Lipinski definition) is 3. The topological polar surface area (TPSA) is 70.2 Å². The third kappa shape index (κ3) is 5.73. The first-order valence-corrected chi connectivity index (χ1v) is 10.0. The number of thiophene rings is 1. The molecule has 0 aliphatic heterocycles. The van der Waals surface area contributed by atoms with E-state index in [9.17, 15) is 22.8 Å². The molecule has 31 heavy (non-hydrogen) atoms. The summed E-state index contributed by atoms with van der Waals surface area (Å²) < 4.78 is 38.7. The predicted molar refractivity (Wildman–Crippen MR) is 116 cm³/mol. The van der Waals surface area contributed by atoms with Gasteiger partial charge in [0.25, 0.3) is 5.91 Å². The second-order valence-corrected chi connectivity index (χ2v) is 7.21. The van der Waals surface area contributed by atoms with Crippen molar-refractivity contribution in [3.63, 3.8) is 0 Å². The lowest BCUT2D eigenvalue weighted by Crippen LogP contribution is -2.24. The molecule has 3 amide bonds. The van der Waals surface area contributed by atoms with Crippen molar-refractivity contribution in [2.75, 3.05) is 17.2 Å². The van der Waals surface area contributed by atoms with Crippen molar-refractivity contribution in [2.45, 2.75) is 6.18 Å². The fraction of sp³-hybridized carbons (Fsp3) is 0.0909. The number of carbonyl (C=O) groups is 2. The number of benzene rings is 2. The fourth-order valence-corrected chi connectivity index (χ4v) is 3.44. The molecular formula is C22H18F3N3O2S. The lowest BCUT2D eigenvalue weighted by atomic mass is 10.0. The Bertz CT molecular complexity index is 1100.